The molecular weight excluding hydrogens is 346 g/mol. The van der Waals surface area contributed by atoms with Gasteiger partial charge in [-0.1, -0.05) is 17.7 Å². The molecule has 0 aliphatic carbocycles. The molecule has 1 amide bonds. The lowest BCUT2D eigenvalue weighted by Gasteiger charge is -2.08. The summed E-state index contributed by atoms with van der Waals surface area (Å²) in [4.78, 5) is 28.8. The molecule has 2 heterocycles. The monoisotopic (exact) mass is 363 g/mol. The highest BCUT2D eigenvalue weighted by molar-refractivity contribution is 5.90. The van der Waals surface area contributed by atoms with E-state index in [0.717, 1.165) is 11.1 Å². The molecule has 3 aromatic rings. The van der Waals surface area contributed by atoms with Gasteiger partial charge >= 0.3 is 0 Å². The molecule has 0 atom stereocenters. The summed E-state index contributed by atoms with van der Waals surface area (Å²) < 4.78 is 11.9. The first kappa shape index (κ1) is 16.8. The van der Waals surface area contributed by atoms with E-state index in [9.17, 15) is 9.59 Å². The van der Waals surface area contributed by atoms with Crippen molar-refractivity contribution in [3.63, 3.8) is 0 Å². The highest BCUT2D eigenvalue weighted by atomic mass is 16.7. The van der Waals surface area contributed by atoms with Crippen molar-refractivity contribution in [3.8, 4) is 22.8 Å². The van der Waals surface area contributed by atoms with Gasteiger partial charge in [-0.05, 0) is 37.3 Å². The maximum absolute atomic E-state index is 12.4. The minimum atomic E-state index is -0.309. The molecular formula is C20H17N3O4. The standard InChI is InChI=1S/C20H17N3O4/c1-13-2-5-15(6-3-13)22-19(24)10-23-11-21-16(9-20(23)25)14-4-7-17-18(8-14)27-12-26-17/h2-9,11H,10,12H2,1H3,(H,22,24). The molecule has 1 aliphatic heterocycles. The number of nitrogens with one attached hydrogen (secondary N) is 1. The minimum Gasteiger partial charge on any atom is -0.454 e. The molecule has 0 saturated carbocycles. The Bertz CT molecular complexity index is 1060. The van der Waals surface area contributed by atoms with Crippen molar-refractivity contribution in [2.45, 2.75) is 13.5 Å². The van der Waals surface area contributed by atoms with E-state index in [2.05, 4.69) is 10.3 Å². The van der Waals surface area contributed by atoms with Crippen LogP contribution >= 0.6 is 0 Å². The molecule has 0 bridgehead atoms. The van der Waals surface area contributed by atoms with E-state index in [1.807, 2.05) is 37.3 Å². The van der Waals surface area contributed by atoms with Crippen LogP contribution in [0.25, 0.3) is 11.3 Å². The van der Waals surface area contributed by atoms with Gasteiger partial charge in [-0.15, -0.1) is 0 Å². The Morgan fingerprint density at radius 1 is 1.11 bits per heavy atom. The number of rotatable bonds is 4. The first-order chi connectivity index (χ1) is 13.1. The van der Waals surface area contributed by atoms with Crippen LogP contribution in [-0.4, -0.2) is 22.3 Å². The summed E-state index contributed by atoms with van der Waals surface area (Å²) in [7, 11) is 0. The molecule has 7 nitrogen and oxygen atoms in total. The van der Waals surface area contributed by atoms with E-state index in [1.54, 1.807) is 12.1 Å². The lowest BCUT2D eigenvalue weighted by Crippen LogP contribution is -2.27. The van der Waals surface area contributed by atoms with Crippen molar-refractivity contribution >= 4 is 11.6 Å². The number of hydrogen-bond donors (Lipinski definition) is 1. The number of hydrogen-bond acceptors (Lipinski definition) is 5. The Hall–Kier alpha value is -3.61. The number of aromatic nitrogens is 2. The van der Waals surface area contributed by atoms with E-state index in [1.165, 1.54) is 17.0 Å². The zero-order chi connectivity index (χ0) is 18.8. The summed E-state index contributed by atoms with van der Waals surface area (Å²) in [5, 5.41) is 2.76. The molecule has 0 fully saturated rings. The van der Waals surface area contributed by atoms with Crippen molar-refractivity contribution in [1.82, 2.24) is 9.55 Å². The van der Waals surface area contributed by atoms with Crippen LogP contribution < -0.4 is 20.3 Å². The molecule has 2 aromatic carbocycles. The van der Waals surface area contributed by atoms with Gasteiger partial charge in [0.25, 0.3) is 5.56 Å². The molecule has 0 spiro atoms. The quantitative estimate of drug-likeness (QED) is 0.770. The van der Waals surface area contributed by atoms with Crippen LogP contribution in [0.4, 0.5) is 5.69 Å². The van der Waals surface area contributed by atoms with Gasteiger partial charge in [-0.25, -0.2) is 4.98 Å². The smallest absolute Gasteiger partial charge is 0.254 e. The van der Waals surface area contributed by atoms with E-state index < -0.39 is 0 Å². The fraction of sp³-hybridized carbons (Fsp3) is 0.150. The predicted molar refractivity (Wildman–Crippen MR) is 99.9 cm³/mol. The second kappa shape index (κ2) is 6.95. The van der Waals surface area contributed by atoms with Crippen LogP contribution in [-0.2, 0) is 11.3 Å². The number of nitrogens with zero attached hydrogens (tertiary/aromatic N) is 2. The normalized spacial score (nSPS) is 12.0. The highest BCUT2D eigenvalue weighted by Gasteiger charge is 2.15. The van der Waals surface area contributed by atoms with E-state index in [-0.39, 0.29) is 24.8 Å². The Morgan fingerprint density at radius 3 is 2.67 bits per heavy atom. The summed E-state index contributed by atoms with van der Waals surface area (Å²) >= 11 is 0. The zero-order valence-corrected chi connectivity index (χ0v) is 14.6. The molecule has 1 N–H and O–H groups in total. The number of anilines is 1. The molecule has 1 aliphatic rings. The number of amides is 1. The highest BCUT2D eigenvalue weighted by Crippen LogP contribution is 2.35. The van der Waals surface area contributed by atoms with Gasteiger partial charge in [0.2, 0.25) is 12.7 Å². The average molecular weight is 363 g/mol. The maximum Gasteiger partial charge on any atom is 0.254 e. The van der Waals surface area contributed by atoms with Crippen LogP contribution in [0.3, 0.4) is 0 Å². The Labute approximate surface area is 155 Å². The molecule has 0 radical (unpaired) electrons. The maximum atomic E-state index is 12.4. The van der Waals surface area contributed by atoms with Crippen molar-refractivity contribution < 1.29 is 14.3 Å². The van der Waals surface area contributed by atoms with Crippen molar-refractivity contribution in [3.05, 3.63) is 70.8 Å². The Kier molecular flexibility index (Phi) is 4.33. The molecule has 4 rings (SSSR count). The van der Waals surface area contributed by atoms with Crippen LogP contribution in [0.15, 0.2) is 59.7 Å². The fourth-order valence-electron chi connectivity index (χ4n) is 2.75. The van der Waals surface area contributed by atoms with Gasteiger partial charge in [0.1, 0.15) is 6.54 Å². The number of ether oxygens (including phenoxy) is 2. The van der Waals surface area contributed by atoms with Crippen molar-refractivity contribution in [1.29, 1.82) is 0 Å². The summed E-state index contributed by atoms with van der Waals surface area (Å²) in [6.07, 6.45) is 1.37. The molecule has 27 heavy (non-hydrogen) atoms. The molecule has 0 saturated heterocycles. The first-order valence-corrected chi connectivity index (χ1v) is 8.41. The van der Waals surface area contributed by atoms with Gasteiger partial charge < -0.3 is 14.8 Å². The second-order valence-electron chi connectivity index (χ2n) is 6.22. The van der Waals surface area contributed by atoms with E-state index in [0.29, 0.717) is 22.9 Å². The number of aryl methyl sites for hydroxylation is 1. The number of fused-ring (bicyclic) bond motifs is 1. The van der Waals surface area contributed by atoms with Gasteiger partial charge in [0.05, 0.1) is 12.0 Å². The lowest BCUT2D eigenvalue weighted by molar-refractivity contribution is -0.116. The van der Waals surface area contributed by atoms with Gasteiger partial charge in [0.15, 0.2) is 11.5 Å². The van der Waals surface area contributed by atoms with Crippen molar-refractivity contribution in [2.75, 3.05) is 12.1 Å². The third-order valence-electron chi connectivity index (χ3n) is 4.20. The lowest BCUT2D eigenvalue weighted by atomic mass is 10.1. The van der Waals surface area contributed by atoms with E-state index in [4.69, 9.17) is 9.47 Å². The fourth-order valence-corrected chi connectivity index (χ4v) is 2.75. The SMILES string of the molecule is Cc1ccc(NC(=O)Cn2cnc(-c3ccc4c(c3)OCO4)cc2=O)cc1. The van der Waals surface area contributed by atoms with Crippen LogP contribution in [0.1, 0.15) is 5.56 Å². The van der Waals surface area contributed by atoms with Gasteiger partial charge in [-0.2, -0.15) is 0 Å². The van der Waals surface area contributed by atoms with Crippen LogP contribution in [0.2, 0.25) is 0 Å². The van der Waals surface area contributed by atoms with Crippen LogP contribution in [0, 0.1) is 6.92 Å². The Balaban J connectivity index is 1.49. The van der Waals surface area contributed by atoms with Crippen LogP contribution in [0.5, 0.6) is 11.5 Å². The first-order valence-electron chi connectivity index (χ1n) is 8.41. The number of benzene rings is 2. The minimum absolute atomic E-state index is 0.110. The summed E-state index contributed by atoms with van der Waals surface area (Å²) in [5.41, 5.74) is 2.73. The average Bonchev–Trinajstić information content (AvgIpc) is 3.13. The number of carbonyl (C=O) groups excluding carboxylic acids is 1. The third kappa shape index (κ3) is 3.67. The largest absolute Gasteiger partial charge is 0.454 e. The molecule has 0 unspecified atom stereocenters. The predicted octanol–water partition coefficient (Wildman–Crippen LogP) is 2.59. The van der Waals surface area contributed by atoms with E-state index >= 15 is 0 Å². The summed E-state index contributed by atoms with van der Waals surface area (Å²) in [6.45, 7) is 2.05. The van der Waals surface area contributed by atoms with Gasteiger partial charge in [0, 0.05) is 17.3 Å². The topological polar surface area (TPSA) is 82.5 Å². The van der Waals surface area contributed by atoms with Crippen molar-refractivity contribution in [2.24, 2.45) is 0 Å². The zero-order valence-electron chi connectivity index (χ0n) is 14.6. The van der Waals surface area contributed by atoms with Gasteiger partial charge in [-0.3, -0.25) is 14.2 Å². The molecule has 1 aromatic heterocycles. The molecule has 136 valence electrons. The summed E-state index contributed by atoms with van der Waals surface area (Å²) in [5.74, 6) is 0.995. The molecule has 7 heteroatoms. The second-order valence-corrected chi connectivity index (χ2v) is 6.22. The number of carbonyl (C=O) groups is 1. The summed E-state index contributed by atoms with van der Waals surface area (Å²) in [6, 6.07) is 14.2. The third-order valence-corrected chi connectivity index (χ3v) is 4.20. The Morgan fingerprint density at radius 2 is 1.89 bits per heavy atom.